The zero-order valence-corrected chi connectivity index (χ0v) is 12.7. The monoisotopic (exact) mass is 291 g/mol. The van der Waals surface area contributed by atoms with Gasteiger partial charge < -0.3 is 15.2 Å². The fourth-order valence-corrected chi connectivity index (χ4v) is 2.82. The molecule has 0 radical (unpaired) electrons. The summed E-state index contributed by atoms with van der Waals surface area (Å²) in [5.41, 5.74) is -1.04. The predicted octanol–water partition coefficient (Wildman–Crippen LogP) is 2.77. The van der Waals surface area contributed by atoms with Crippen LogP contribution >= 0.6 is 0 Å². The molecule has 1 aromatic carbocycles. The maximum Gasteiger partial charge on any atom is 0.408 e. The summed E-state index contributed by atoms with van der Waals surface area (Å²) in [6.07, 6.45) is -0.699. The summed E-state index contributed by atoms with van der Waals surface area (Å²) in [5, 5.41) is 12.1. The molecule has 0 aromatic heterocycles. The van der Waals surface area contributed by atoms with E-state index in [1.807, 2.05) is 37.3 Å². The van der Waals surface area contributed by atoms with Crippen molar-refractivity contribution >= 4 is 12.1 Å². The minimum Gasteiger partial charge on any atom is -0.479 e. The average Bonchev–Trinajstić information content (AvgIpc) is 2.94. The van der Waals surface area contributed by atoms with Crippen LogP contribution in [0, 0.1) is 5.92 Å². The fourth-order valence-electron chi connectivity index (χ4n) is 2.82. The van der Waals surface area contributed by atoms with Crippen LogP contribution in [0.2, 0.25) is 0 Å². The van der Waals surface area contributed by atoms with Crippen molar-refractivity contribution in [3.05, 3.63) is 35.9 Å². The number of hydrogen-bond acceptors (Lipinski definition) is 3. The van der Waals surface area contributed by atoms with Gasteiger partial charge in [-0.05, 0) is 26.3 Å². The van der Waals surface area contributed by atoms with Gasteiger partial charge in [-0.3, -0.25) is 0 Å². The van der Waals surface area contributed by atoms with Crippen LogP contribution < -0.4 is 5.32 Å². The van der Waals surface area contributed by atoms with Crippen molar-refractivity contribution < 1.29 is 19.4 Å². The Labute approximate surface area is 124 Å². The van der Waals surface area contributed by atoms with Crippen LogP contribution in [0.15, 0.2) is 30.3 Å². The normalized spacial score (nSPS) is 27.8. The Morgan fingerprint density at radius 1 is 1.24 bits per heavy atom. The lowest BCUT2D eigenvalue weighted by Gasteiger charge is -2.22. The summed E-state index contributed by atoms with van der Waals surface area (Å²) >= 11 is 0. The van der Waals surface area contributed by atoms with Crippen molar-refractivity contribution in [2.24, 2.45) is 5.92 Å². The first-order chi connectivity index (χ1) is 9.68. The number of alkyl carbamates (subject to hydrolysis) is 1. The predicted molar refractivity (Wildman–Crippen MR) is 78.1 cm³/mol. The first-order valence-corrected chi connectivity index (χ1v) is 6.98. The van der Waals surface area contributed by atoms with E-state index >= 15 is 0 Å². The molecule has 114 valence electrons. The Morgan fingerprint density at radius 2 is 1.81 bits per heavy atom. The maximum absolute atomic E-state index is 11.9. The third-order valence-electron chi connectivity index (χ3n) is 3.82. The zero-order valence-electron chi connectivity index (χ0n) is 12.7. The number of carboxylic acid groups (broad SMARTS) is 1. The molecule has 1 saturated carbocycles. The van der Waals surface area contributed by atoms with E-state index in [9.17, 15) is 14.7 Å². The highest BCUT2D eigenvalue weighted by Crippen LogP contribution is 2.57. The molecule has 0 saturated heterocycles. The first kappa shape index (κ1) is 15.4. The van der Waals surface area contributed by atoms with Gasteiger partial charge in [0.15, 0.2) is 5.54 Å². The standard InChI is InChI=1S/C16H21NO4/c1-10-12(11-8-6-5-7-9-11)16(10,13(18)19)17-14(20)21-15(2,3)4/h5-10,12H,1-4H3,(H,17,20)(H,18,19)/t10?,12-,16+/m1/s1. The molecule has 1 amide bonds. The van der Waals surface area contributed by atoms with Crippen molar-refractivity contribution in [1.29, 1.82) is 0 Å². The third kappa shape index (κ3) is 2.86. The van der Waals surface area contributed by atoms with E-state index in [-0.39, 0.29) is 11.8 Å². The van der Waals surface area contributed by atoms with Crippen molar-refractivity contribution in [3.63, 3.8) is 0 Å². The lowest BCUT2D eigenvalue weighted by atomic mass is 10.1. The maximum atomic E-state index is 11.9. The van der Waals surface area contributed by atoms with Gasteiger partial charge >= 0.3 is 12.1 Å². The van der Waals surface area contributed by atoms with Gasteiger partial charge in [0.2, 0.25) is 0 Å². The summed E-state index contributed by atoms with van der Waals surface area (Å²) in [6.45, 7) is 7.05. The van der Waals surface area contributed by atoms with Crippen LogP contribution in [0.25, 0.3) is 0 Å². The number of rotatable bonds is 3. The molecule has 1 aromatic rings. The molecule has 3 atom stereocenters. The highest BCUT2D eigenvalue weighted by Gasteiger charge is 2.69. The van der Waals surface area contributed by atoms with Gasteiger partial charge in [0.1, 0.15) is 5.60 Å². The summed E-state index contributed by atoms with van der Waals surface area (Å²) in [4.78, 5) is 23.7. The quantitative estimate of drug-likeness (QED) is 0.898. The highest BCUT2D eigenvalue weighted by molar-refractivity contribution is 5.90. The molecule has 2 N–H and O–H groups in total. The number of carboxylic acids is 1. The highest BCUT2D eigenvalue weighted by atomic mass is 16.6. The molecule has 0 aliphatic heterocycles. The molecule has 0 heterocycles. The second-order valence-corrected chi connectivity index (χ2v) is 6.48. The summed E-state index contributed by atoms with van der Waals surface area (Å²) < 4.78 is 5.18. The lowest BCUT2D eigenvalue weighted by molar-refractivity contribution is -0.141. The van der Waals surface area contributed by atoms with Crippen LogP contribution in [0.5, 0.6) is 0 Å². The summed E-state index contributed by atoms with van der Waals surface area (Å²) in [7, 11) is 0. The largest absolute Gasteiger partial charge is 0.479 e. The Balaban J connectivity index is 2.21. The number of benzene rings is 1. The molecular weight excluding hydrogens is 270 g/mol. The molecule has 5 heteroatoms. The number of carbonyl (C=O) groups excluding carboxylic acids is 1. The Bertz CT molecular complexity index is 549. The molecule has 1 aliphatic rings. The second kappa shape index (κ2) is 5.06. The number of hydrogen-bond donors (Lipinski definition) is 2. The van der Waals surface area contributed by atoms with E-state index in [0.29, 0.717) is 0 Å². The Kier molecular flexibility index (Phi) is 3.70. The topological polar surface area (TPSA) is 75.6 Å². The van der Waals surface area contributed by atoms with Gasteiger partial charge in [-0.1, -0.05) is 37.3 Å². The van der Waals surface area contributed by atoms with Gasteiger partial charge in [0.05, 0.1) is 0 Å². The Morgan fingerprint density at radius 3 is 2.29 bits per heavy atom. The zero-order chi connectivity index (χ0) is 15.8. The number of amides is 1. The second-order valence-electron chi connectivity index (χ2n) is 6.48. The summed E-state index contributed by atoms with van der Waals surface area (Å²) in [6, 6.07) is 9.35. The lowest BCUT2D eigenvalue weighted by Crippen LogP contribution is -2.47. The van der Waals surface area contributed by atoms with Gasteiger partial charge in [0, 0.05) is 11.8 Å². The van der Waals surface area contributed by atoms with E-state index in [0.717, 1.165) is 5.56 Å². The van der Waals surface area contributed by atoms with E-state index in [1.54, 1.807) is 20.8 Å². The van der Waals surface area contributed by atoms with E-state index in [2.05, 4.69) is 5.32 Å². The van der Waals surface area contributed by atoms with Crippen molar-refractivity contribution in [1.82, 2.24) is 5.32 Å². The molecule has 21 heavy (non-hydrogen) atoms. The molecule has 0 spiro atoms. The van der Waals surface area contributed by atoms with E-state index in [4.69, 9.17) is 4.74 Å². The van der Waals surface area contributed by atoms with Crippen LogP contribution in [0.1, 0.15) is 39.2 Å². The Hall–Kier alpha value is -2.04. The van der Waals surface area contributed by atoms with E-state index < -0.39 is 23.2 Å². The van der Waals surface area contributed by atoms with Crippen molar-refractivity contribution in [2.45, 2.75) is 44.8 Å². The van der Waals surface area contributed by atoms with Gasteiger partial charge in [-0.15, -0.1) is 0 Å². The summed E-state index contributed by atoms with van der Waals surface area (Å²) in [5.74, 6) is -1.47. The molecule has 1 unspecified atom stereocenters. The SMILES string of the molecule is CC1[C@H](c2ccccc2)[C@]1(NC(=O)OC(C)(C)C)C(=O)O. The van der Waals surface area contributed by atoms with Crippen LogP contribution in [-0.2, 0) is 9.53 Å². The minimum absolute atomic E-state index is 0.190. The molecule has 5 nitrogen and oxygen atoms in total. The molecule has 0 bridgehead atoms. The molecule has 2 rings (SSSR count). The van der Waals surface area contributed by atoms with Crippen LogP contribution in [-0.4, -0.2) is 28.3 Å². The number of carbonyl (C=O) groups is 2. The third-order valence-corrected chi connectivity index (χ3v) is 3.82. The van der Waals surface area contributed by atoms with Gasteiger partial charge in [-0.2, -0.15) is 0 Å². The number of aliphatic carboxylic acids is 1. The first-order valence-electron chi connectivity index (χ1n) is 6.98. The molecular formula is C16H21NO4. The van der Waals surface area contributed by atoms with Gasteiger partial charge in [-0.25, -0.2) is 9.59 Å². The average molecular weight is 291 g/mol. The van der Waals surface area contributed by atoms with Crippen LogP contribution in [0.4, 0.5) is 4.79 Å². The fraction of sp³-hybridized carbons (Fsp3) is 0.500. The van der Waals surface area contributed by atoms with E-state index in [1.165, 1.54) is 0 Å². The van der Waals surface area contributed by atoms with Crippen molar-refractivity contribution in [3.8, 4) is 0 Å². The molecule has 1 fully saturated rings. The van der Waals surface area contributed by atoms with Gasteiger partial charge in [0.25, 0.3) is 0 Å². The smallest absolute Gasteiger partial charge is 0.408 e. The molecule has 1 aliphatic carbocycles. The minimum atomic E-state index is -1.29. The number of ether oxygens (including phenoxy) is 1. The van der Waals surface area contributed by atoms with Crippen LogP contribution in [0.3, 0.4) is 0 Å². The van der Waals surface area contributed by atoms with Crippen molar-refractivity contribution in [2.75, 3.05) is 0 Å². The number of nitrogens with one attached hydrogen (secondary N) is 1.